The van der Waals surface area contributed by atoms with E-state index in [-0.39, 0.29) is 40.9 Å². The number of imide groups is 1. The van der Waals surface area contributed by atoms with Gasteiger partial charge in [0.05, 0.1) is 5.75 Å². The molecule has 2 fully saturated rings. The summed E-state index contributed by atoms with van der Waals surface area (Å²) in [4.78, 5) is 49.7. The molecule has 7 nitrogen and oxygen atoms in total. The van der Waals surface area contributed by atoms with E-state index in [1.54, 1.807) is 0 Å². The largest absolute Gasteiger partial charge is 0.446 e. The molecule has 0 bridgehead atoms. The Morgan fingerprint density at radius 3 is 2.52 bits per heavy atom. The lowest BCUT2D eigenvalue weighted by molar-refractivity contribution is -0.138. The molecule has 9 heteroatoms. The number of hydrogen-bond acceptors (Lipinski definition) is 7. The molecule has 3 amide bonds. The summed E-state index contributed by atoms with van der Waals surface area (Å²) in [5, 5.41) is 0.0953. The van der Waals surface area contributed by atoms with Crippen molar-refractivity contribution < 1.29 is 23.9 Å². The second kappa shape index (κ2) is 9.86. The minimum atomic E-state index is -0.364. The molecule has 0 aromatic carbocycles. The van der Waals surface area contributed by atoms with Gasteiger partial charge < -0.3 is 4.74 Å². The molecule has 0 saturated carbocycles. The first-order valence-electron chi connectivity index (χ1n) is 8.36. The Bertz CT molecular complexity index is 579. The zero-order chi connectivity index (χ0) is 18.2. The quantitative estimate of drug-likeness (QED) is 0.324. The molecule has 2 aliphatic rings. The summed E-state index contributed by atoms with van der Waals surface area (Å²) in [6.45, 7) is 2.56. The predicted octanol–water partition coefficient (Wildman–Crippen LogP) is 2.92. The fourth-order valence-electron chi connectivity index (χ4n) is 2.59. The molecule has 2 rings (SSSR count). The van der Waals surface area contributed by atoms with E-state index in [4.69, 9.17) is 0 Å². The highest BCUT2D eigenvalue weighted by molar-refractivity contribution is 8.19. The maximum absolute atomic E-state index is 12.6. The van der Waals surface area contributed by atoms with Crippen molar-refractivity contribution in [3.63, 3.8) is 0 Å². The Morgan fingerprint density at radius 2 is 1.80 bits per heavy atom. The van der Waals surface area contributed by atoms with Crippen molar-refractivity contribution in [2.75, 3.05) is 19.0 Å². The van der Waals surface area contributed by atoms with Crippen molar-refractivity contribution >= 4 is 47.0 Å². The minimum Gasteiger partial charge on any atom is -0.446 e. The minimum absolute atomic E-state index is 0.167. The number of carbonyl (C=O) groups excluding carboxylic acids is 4. The van der Waals surface area contributed by atoms with Gasteiger partial charge in [0.2, 0.25) is 5.91 Å². The number of thioether (sulfide) groups is 2. The molecule has 2 saturated heterocycles. The monoisotopic (exact) mass is 386 g/mol. The maximum atomic E-state index is 12.6. The Hall–Kier alpha value is -1.48. The van der Waals surface area contributed by atoms with Crippen LogP contribution >= 0.6 is 23.5 Å². The number of rotatable bonds is 10. The van der Waals surface area contributed by atoms with E-state index in [0.717, 1.165) is 31.0 Å². The summed E-state index contributed by atoms with van der Waals surface area (Å²) >= 11 is 2.04. The van der Waals surface area contributed by atoms with E-state index >= 15 is 0 Å². The number of nitrogens with zero attached hydrogens (tertiary/aromatic N) is 2. The van der Waals surface area contributed by atoms with Crippen molar-refractivity contribution in [2.24, 2.45) is 0 Å². The number of carbonyl (C=O) groups is 4. The molecule has 0 aromatic heterocycles. The third-order valence-electron chi connectivity index (χ3n) is 3.93. The van der Waals surface area contributed by atoms with Crippen molar-refractivity contribution in [3.8, 4) is 0 Å². The molecule has 2 aliphatic heterocycles. The van der Waals surface area contributed by atoms with Crippen molar-refractivity contribution in [3.05, 3.63) is 9.93 Å². The van der Waals surface area contributed by atoms with E-state index in [1.165, 1.54) is 40.8 Å². The Kier molecular flexibility index (Phi) is 7.83. The molecule has 0 aromatic rings. The molecular formula is C16H22N2O5S2. The second-order valence-corrected chi connectivity index (χ2v) is 7.65. The molecule has 138 valence electrons. The van der Waals surface area contributed by atoms with Gasteiger partial charge >= 0.3 is 0 Å². The van der Waals surface area contributed by atoms with Crippen LogP contribution in [0.3, 0.4) is 0 Å². The summed E-state index contributed by atoms with van der Waals surface area (Å²) in [5.41, 5.74) is 0. The third-order valence-corrected chi connectivity index (χ3v) is 6.11. The predicted molar refractivity (Wildman–Crippen MR) is 96.4 cm³/mol. The third kappa shape index (κ3) is 5.01. The molecule has 0 radical (unpaired) electrons. The average Bonchev–Trinajstić information content (AvgIpc) is 3.09. The highest BCUT2D eigenvalue weighted by Gasteiger charge is 2.41. The molecule has 2 heterocycles. The molecule has 0 N–H and O–H groups in total. The number of ether oxygens (including phenoxy) is 1. The normalized spacial score (nSPS) is 20.8. The van der Waals surface area contributed by atoms with Gasteiger partial charge in [-0.05, 0) is 18.2 Å². The van der Waals surface area contributed by atoms with Gasteiger partial charge in [0.25, 0.3) is 17.6 Å². The highest BCUT2D eigenvalue weighted by Crippen LogP contribution is 2.41. The lowest BCUT2D eigenvalue weighted by atomic mass is 10.1. The van der Waals surface area contributed by atoms with Crippen molar-refractivity contribution in [2.45, 2.75) is 45.4 Å². The van der Waals surface area contributed by atoms with Gasteiger partial charge in [-0.15, -0.1) is 0 Å². The lowest BCUT2D eigenvalue weighted by Crippen LogP contribution is -2.31. The standard InChI is InChI=1S/C16H22N2O5S2/c1-2-3-4-5-6-7-8-17-14(21)13(25-16(17)22)15-18(10-23-11-19)12(20)9-24-15/h11H,2-10H2,1H3. The Labute approximate surface area is 155 Å². The summed E-state index contributed by atoms with van der Waals surface area (Å²) in [6.07, 6.45) is 6.43. The summed E-state index contributed by atoms with van der Waals surface area (Å²) < 4.78 is 4.64. The van der Waals surface area contributed by atoms with Crippen LogP contribution in [-0.4, -0.2) is 52.4 Å². The molecule has 0 unspecified atom stereocenters. The number of amides is 3. The molecule has 0 atom stereocenters. The molecule has 0 aliphatic carbocycles. The Morgan fingerprint density at radius 1 is 1.08 bits per heavy atom. The van der Waals surface area contributed by atoms with Crippen molar-refractivity contribution in [1.82, 2.24) is 9.80 Å². The van der Waals surface area contributed by atoms with E-state index in [0.29, 0.717) is 11.6 Å². The smallest absolute Gasteiger partial charge is 0.294 e. The van der Waals surface area contributed by atoms with E-state index in [9.17, 15) is 19.2 Å². The van der Waals surface area contributed by atoms with Gasteiger partial charge in [0.15, 0.2) is 6.73 Å². The fraction of sp³-hybridized carbons (Fsp3) is 0.625. The molecular weight excluding hydrogens is 364 g/mol. The van der Waals surface area contributed by atoms with E-state index in [1.807, 2.05) is 0 Å². The zero-order valence-corrected chi connectivity index (χ0v) is 15.8. The number of hydrogen-bond donors (Lipinski definition) is 0. The van der Waals surface area contributed by atoms with Gasteiger partial charge in [0.1, 0.15) is 9.93 Å². The van der Waals surface area contributed by atoms with Gasteiger partial charge in [-0.1, -0.05) is 50.8 Å². The summed E-state index contributed by atoms with van der Waals surface area (Å²) in [6, 6.07) is 0. The Balaban J connectivity index is 1.97. The first-order chi connectivity index (χ1) is 12.1. The van der Waals surface area contributed by atoms with Crippen LogP contribution in [-0.2, 0) is 19.1 Å². The van der Waals surface area contributed by atoms with E-state index < -0.39 is 0 Å². The fourth-order valence-corrected chi connectivity index (χ4v) is 4.69. The zero-order valence-electron chi connectivity index (χ0n) is 14.2. The van der Waals surface area contributed by atoms with Crippen LogP contribution in [0.25, 0.3) is 0 Å². The first-order valence-corrected chi connectivity index (χ1v) is 10.2. The molecule has 25 heavy (non-hydrogen) atoms. The van der Waals surface area contributed by atoms with Crippen LogP contribution in [0.15, 0.2) is 9.93 Å². The van der Waals surface area contributed by atoms with Crippen LogP contribution < -0.4 is 0 Å². The second-order valence-electron chi connectivity index (χ2n) is 5.73. The highest BCUT2D eigenvalue weighted by atomic mass is 32.2. The van der Waals surface area contributed by atoms with Gasteiger partial charge in [0, 0.05) is 6.54 Å². The topological polar surface area (TPSA) is 84.0 Å². The van der Waals surface area contributed by atoms with Crippen molar-refractivity contribution in [1.29, 1.82) is 0 Å². The number of unbranched alkanes of at least 4 members (excludes halogenated alkanes) is 5. The molecule has 0 spiro atoms. The SMILES string of the molecule is CCCCCCCCN1C(=O)SC(=C2SCC(=O)N2COC=O)C1=O. The lowest BCUT2D eigenvalue weighted by Gasteiger charge is -2.16. The summed E-state index contributed by atoms with van der Waals surface area (Å²) in [7, 11) is 0. The van der Waals surface area contributed by atoms with Gasteiger partial charge in [-0.25, -0.2) is 0 Å². The summed E-state index contributed by atoms with van der Waals surface area (Å²) in [5.74, 6) is -0.443. The van der Waals surface area contributed by atoms with Crippen LogP contribution in [0.5, 0.6) is 0 Å². The van der Waals surface area contributed by atoms with Crippen LogP contribution in [0.1, 0.15) is 45.4 Å². The van der Waals surface area contributed by atoms with Gasteiger partial charge in [-0.3, -0.25) is 29.0 Å². The maximum Gasteiger partial charge on any atom is 0.294 e. The average molecular weight is 386 g/mol. The van der Waals surface area contributed by atoms with Crippen LogP contribution in [0.4, 0.5) is 4.79 Å². The first kappa shape index (κ1) is 19.8. The van der Waals surface area contributed by atoms with E-state index in [2.05, 4.69) is 11.7 Å². The van der Waals surface area contributed by atoms with Gasteiger partial charge in [-0.2, -0.15) is 0 Å². The van der Waals surface area contributed by atoms with Crippen LogP contribution in [0.2, 0.25) is 0 Å². The van der Waals surface area contributed by atoms with Crippen LogP contribution in [0, 0.1) is 0 Å².